The first-order valence-corrected chi connectivity index (χ1v) is 10.6. The summed E-state index contributed by atoms with van der Waals surface area (Å²) in [4.78, 5) is 40.5. The lowest BCUT2D eigenvalue weighted by Gasteiger charge is -2.41. The van der Waals surface area contributed by atoms with Gasteiger partial charge in [-0.15, -0.1) is 0 Å². The number of carboxylic acids is 1. The SMILES string of the molecule is CC(C)C[C@@H](C#N)NC(=O)[C@@H]1CCCC[C@@]1(C(N)=O)c1c[nH]c2cc(C(=O)O)ccc12. The van der Waals surface area contributed by atoms with Crippen LogP contribution in [0.3, 0.4) is 0 Å². The summed E-state index contributed by atoms with van der Waals surface area (Å²) in [6, 6.07) is 6.12. The van der Waals surface area contributed by atoms with Crippen LogP contribution in [0.1, 0.15) is 61.9 Å². The van der Waals surface area contributed by atoms with Crippen LogP contribution in [0.15, 0.2) is 24.4 Å². The number of amides is 2. The van der Waals surface area contributed by atoms with E-state index in [-0.39, 0.29) is 17.4 Å². The van der Waals surface area contributed by atoms with E-state index < -0.39 is 29.3 Å². The molecule has 3 rings (SSSR count). The summed E-state index contributed by atoms with van der Waals surface area (Å²) >= 11 is 0. The quantitative estimate of drug-likeness (QED) is 0.539. The topological polar surface area (TPSA) is 149 Å². The van der Waals surface area contributed by atoms with E-state index in [1.807, 2.05) is 13.8 Å². The maximum Gasteiger partial charge on any atom is 0.335 e. The first kappa shape index (κ1) is 22.3. The number of carbonyl (C=O) groups excluding carboxylic acids is 2. The second kappa shape index (κ2) is 8.80. The number of nitrogens with zero attached hydrogens (tertiary/aromatic N) is 1. The van der Waals surface area contributed by atoms with E-state index in [9.17, 15) is 24.8 Å². The van der Waals surface area contributed by atoms with E-state index in [2.05, 4.69) is 16.4 Å². The number of H-pyrrole nitrogens is 1. The molecule has 164 valence electrons. The van der Waals surface area contributed by atoms with Crippen LogP contribution in [0.5, 0.6) is 0 Å². The number of rotatable bonds is 7. The number of benzene rings is 1. The van der Waals surface area contributed by atoms with E-state index >= 15 is 0 Å². The van der Waals surface area contributed by atoms with Crippen LogP contribution in [0.2, 0.25) is 0 Å². The molecule has 1 saturated carbocycles. The number of carboxylic acid groups (broad SMARTS) is 1. The Labute approximate surface area is 180 Å². The summed E-state index contributed by atoms with van der Waals surface area (Å²) in [7, 11) is 0. The average molecular weight is 425 g/mol. The van der Waals surface area contributed by atoms with Gasteiger partial charge in [0.25, 0.3) is 0 Å². The van der Waals surface area contributed by atoms with Gasteiger partial charge < -0.3 is 21.1 Å². The predicted molar refractivity (Wildman–Crippen MR) is 115 cm³/mol. The number of nitrogens with two attached hydrogens (primary N) is 1. The second-order valence-electron chi connectivity index (χ2n) is 8.72. The Morgan fingerprint density at radius 2 is 2.10 bits per heavy atom. The fraction of sp³-hybridized carbons (Fsp3) is 0.478. The number of hydrogen-bond donors (Lipinski definition) is 4. The Hall–Kier alpha value is -3.34. The third-order valence-electron chi connectivity index (χ3n) is 6.25. The molecule has 1 heterocycles. The number of aromatic amines is 1. The smallest absolute Gasteiger partial charge is 0.335 e. The molecule has 2 amide bonds. The zero-order valence-electron chi connectivity index (χ0n) is 17.8. The van der Waals surface area contributed by atoms with E-state index in [0.29, 0.717) is 35.7 Å². The van der Waals surface area contributed by atoms with Gasteiger partial charge in [-0.3, -0.25) is 9.59 Å². The number of nitrogens with one attached hydrogen (secondary N) is 2. The average Bonchev–Trinajstić information content (AvgIpc) is 3.16. The lowest BCUT2D eigenvalue weighted by molar-refractivity contribution is -0.137. The van der Waals surface area contributed by atoms with Gasteiger partial charge in [0.1, 0.15) is 6.04 Å². The standard InChI is InChI=1S/C23H28N4O4/c1-13(2)9-15(11-24)27-20(28)17-5-3-4-8-23(17,22(25)31)18-12-26-19-10-14(21(29)30)6-7-16(18)19/h6-7,10,12-13,15,17,26H,3-5,8-9H2,1-2H3,(H2,25,31)(H,27,28)(H,29,30)/t15-,17-,23-/m0/s1. The summed E-state index contributed by atoms with van der Waals surface area (Å²) in [6.45, 7) is 3.95. The fourth-order valence-corrected chi connectivity index (χ4v) is 4.79. The molecular weight excluding hydrogens is 396 g/mol. The molecule has 1 aromatic carbocycles. The molecule has 8 nitrogen and oxygen atoms in total. The van der Waals surface area contributed by atoms with Crippen molar-refractivity contribution < 1.29 is 19.5 Å². The minimum Gasteiger partial charge on any atom is -0.478 e. The van der Waals surface area contributed by atoms with E-state index in [1.165, 1.54) is 12.1 Å². The summed E-state index contributed by atoms with van der Waals surface area (Å²) in [5, 5.41) is 22.2. The highest BCUT2D eigenvalue weighted by molar-refractivity contribution is 6.01. The number of hydrogen-bond acceptors (Lipinski definition) is 4. The van der Waals surface area contributed by atoms with Crippen molar-refractivity contribution in [2.45, 2.75) is 57.4 Å². The van der Waals surface area contributed by atoms with Gasteiger partial charge in [0.2, 0.25) is 11.8 Å². The monoisotopic (exact) mass is 424 g/mol. The van der Waals surface area contributed by atoms with Crippen molar-refractivity contribution in [3.63, 3.8) is 0 Å². The van der Waals surface area contributed by atoms with Crippen molar-refractivity contribution in [1.29, 1.82) is 5.26 Å². The zero-order valence-corrected chi connectivity index (χ0v) is 17.8. The van der Waals surface area contributed by atoms with Gasteiger partial charge in [0, 0.05) is 17.1 Å². The predicted octanol–water partition coefficient (Wildman–Crippen LogP) is 2.83. The Morgan fingerprint density at radius 3 is 2.71 bits per heavy atom. The fourth-order valence-electron chi connectivity index (χ4n) is 4.79. The molecule has 1 aromatic heterocycles. The molecule has 1 fully saturated rings. The Morgan fingerprint density at radius 1 is 1.35 bits per heavy atom. The van der Waals surface area contributed by atoms with Gasteiger partial charge in [-0.1, -0.05) is 32.8 Å². The number of primary amides is 1. The first-order chi connectivity index (χ1) is 14.7. The third-order valence-corrected chi connectivity index (χ3v) is 6.25. The molecule has 3 atom stereocenters. The summed E-state index contributed by atoms with van der Waals surface area (Å²) in [5.74, 6) is -2.46. The molecule has 5 N–H and O–H groups in total. The highest BCUT2D eigenvalue weighted by atomic mass is 16.4. The van der Waals surface area contributed by atoms with Crippen LogP contribution >= 0.6 is 0 Å². The highest BCUT2D eigenvalue weighted by Crippen LogP contribution is 2.46. The lowest BCUT2D eigenvalue weighted by Crippen LogP contribution is -2.55. The largest absolute Gasteiger partial charge is 0.478 e. The minimum absolute atomic E-state index is 0.123. The number of fused-ring (bicyclic) bond motifs is 1. The number of carbonyl (C=O) groups is 3. The van der Waals surface area contributed by atoms with Gasteiger partial charge >= 0.3 is 5.97 Å². The molecule has 0 spiro atoms. The van der Waals surface area contributed by atoms with Crippen LogP contribution in [-0.2, 0) is 15.0 Å². The van der Waals surface area contributed by atoms with Gasteiger partial charge in [-0.25, -0.2) is 4.79 Å². The Balaban J connectivity index is 2.05. The molecule has 1 aliphatic carbocycles. The van der Waals surface area contributed by atoms with Crippen LogP contribution in [0.25, 0.3) is 10.9 Å². The van der Waals surface area contributed by atoms with Gasteiger partial charge in [-0.05, 0) is 42.9 Å². The number of aromatic carboxylic acids is 1. The number of nitriles is 1. The van der Waals surface area contributed by atoms with Crippen LogP contribution in [0, 0.1) is 23.2 Å². The maximum atomic E-state index is 13.3. The zero-order chi connectivity index (χ0) is 22.8. The van der Waals surface area contributed by atoms with Gasteiger partial charge in [0.15, 0.2) is 0 Å². The van der Waals surface area contributed by atoms with Crippen LogP contribution in [-0.4, -0.2) is 33.9 Å². The first-order valence-electron chi connectivity index (χ1n) is 10.6. The second-order valence-corrected chi connectivity index (χ2v) is 8.72. The lowest BCUT2D eigenvalue weighted by atomic mass is 9.61. The molecule has 0 bridgehead atoms. The minimum atomic E-state index is -1.23. The van der Waals surface area contributed by atoms with Gasteiger partial charge in [-0.2, -0.15) is 5.26 Å². The molecule has 8 heteroatoms. The van der Waals surface area contributed by atoms with Crippen molar-refractivity contribution >= 4 is 28.7 Å². The van der Waals surface area contributed by atoms with Gasteiger partial charge in [0.05, 0.1) is 23.0 Å². The molecule has 0 unspecified atom stereocenters. The molecule has 1 aliphatic rings. The molecule has 31 heavy (non-hydrogen) atoms. The number of aromatic nitrogens is 1. The molecule has 2 aromatic rings. The Bertz CT molecular complexity index is 1050. The molecule has 0 aliphatic heterocycles. The van der Waals surface area contributed by atoms with Crippen molar-refractivity contribution in [3.8, 4) is 6.07 Å². The van der Waals surface area contributed by atoms with Crippen molar-refractivity contribution in [2.75, 3.05) is 0 Å². The third kappa shape index (κ3) is 4.13. The summed E-state index contributed by atoms with van der Waals surface area (Å²) in [6.07, 6.45) is 4.58. The molecule has 0 saturated heterocycles. The highest BCUT2D eigenvalue weighted by Gasteiger charge is 2.51. The summed E-state index contributed by atoms with van der Waals surface area (Å²) < 4.78 is 0. The Kier molecular flexibility index (Phi) is 6.34. The van der Waals surface area contributed by atoms with E-state index in [4.69, 9.17) is 5.73 Å². The maximum absolute atomic E-state index is 13.3. The van der Waals surface area contributed by atoms with Crippen LogP contribution in [0.4, 0.5) is 0 Å². The van der Waals surface area contributed by atoms with Crippen molar-refractivity contribution in [3.05, 3.63) is 35.5 Å². The van der Waals surface area contributed by atoms with E-state index in [0.717, 1.165) is 12.8 Å². The van der Waals surface area contributed by atoms with Crippen molar-refractivity contribution in [1.82, 2.24) is 10.3 Å². The normalized spacial score (nSPS) is 22.1. The summed E-state index contributed by atoms with van der Waals surface area (Å²) in [5.41, 5.74) is 6.00. The van der Waals surface area contributed by atoms with Crippen molar-refractivity contribution in [2.24, 2.45) is 17.6 Å². The van der Waals surface area contributed by atoms with E-state index in [1.54, 1.807) is 12.3 Å². The van der Waals surface area contributed by atoms with Crippen LogP contribution < -0.4 is 11.1 Å². The molecular formula is C23H28N4O4. The molecule has 0 radical (unpaired) electrons.